The Kier molecular flexibility index (Phi) is 4.39. The number of anilines is 1. The van der Waals surface area contributed by atoms with Gasteiger partial charge in [-0.1, -0.05) is 32.3 Å². The first-order valence-electron chi connectivity index (χ1n) is 8.01. The van der Waals surface area contributed by atoms with Gasteiger partial charge in [0.05, 0.1) is 18.2 Å². The van der Waals surface area contributed by atoms with Crippen LogP contribution in [-0.4, -0.2) is 11.1 Å². The lowest BCUT2D eigenvalue weighted by Crippen LogP contribution is -2.22. The van der Waals surface area contributed by atoms with Crippen LogP contribution in [0.4, 0.5) is 5.69 Å². The van der Waals surface area contributed by atoms with Crippen LogP contribution in [-0.2, 0) is 11.3 Å². The van der Waals surface area contributed by atoms with Gasteiger partial charge in [-0.05, 0) is 37.0 Å². The van der Waals surface area contributed by atoms with Crippen LogP contribution in [0.5, 0.6) is 0 Å². The summed E-state index contributed by atoms with van der Waals surface area (Å²) in [5.41, 5.74) is 8.91. The average Bonchev–Trinajstić information content (AvgIpc) is 2.55. The summed E-state index contributed by atoms with van der Waals surface area (Å²) in [6.07, 6.45) is 8.55. The Morgan fingerprint density at radius 2 is 2.19 bits per heavy atom. The molecule has 1 aliphatic rings. The molecule has 3 nitrogen and oxygen atoms in total. The molecule has 2 N–H and O–H groups in total. The zero-order chi connectivity index (χ0) is 14.7. The van der Waals surface area contributed by atoms with Crippen molar-refractivity contribution in [1.29, 1.82) is 0 Å². The normalized spacial score (nSPS) is 22.5. The van der Waals surface area contributed by atoms with E-state index in [4.69, 9.17) is 10.5 Å². The zero-order valence-electron chi connectivity index (χ0n) is 12.7. The largest absolute Gasteiger partial charge is 0.398 e. The maximum Gasteiger partial charge on any atom is 0.0777 e. The van der Waals surface area contributed by atoms with Gasteiger partial charge in [-0.15, -0.1) is 0 Å². The van der Waals surface area contributed by atoms with Gasteiger partial charge in [-0.2, -0.15) is 0 Å². The van der Waals surface area contributed by atoms with E-state index in [-0.39, 0.29) is 0 Å². The van der Waals surface area contributed by atoms with Crippen molar-refractivity contribution in [1.82, 2.24) is 4.98 Å². The number of ether oxygens (including phenoxy) is 1. The van der Waals surface area contributed by atoms with Gasteiger partial charge < -0.3 is 10.5 Å². The topological polar surface area (TPSA) is 48.1 Å². The molecule has 1 aromatic heterocycles. The third kappa shape index (κ3) is 3.18. The minimum atomic E-state index is 0.403. The monoisotopic (exact) mass is 284 g/mol. The van der Waals surface area contributed by atoms with Crippen molar-refractivity contribution in [2.45, 2.75) is 51.7 Å². The number of pyridine rings is 1. The van der Waals surface area contributed by atoms with Crippen molar-refractivity contribution in [3.05, 3.63) is 36.0 Å². The van der Waals surface area contributed by atoms with E-state index < -0.39 is 0 Å². The second-order valence-electron chi connectivity index (χ2n) is 6.09. The number of nitrogen functional groups attached to an aromatic ring is 1. The van der Waals surface area contributed by atoms with E-state index in [1.807, 2.05) is 30.5 Å². The molecule has 0 saturated heterocycles. The van der Waals surface area contributed by atoms with Gasteiger partial charge >= 0.3 is 0 Å². The molecule has 2 atom stereocenters. The molecular formula is C18H24N2O. The Hall–Kier alpha value is -1.61. The number of benzene rings is 1. The molecule has 1 fully saturated rings. The lowest BCUT2D eigenvalue weighted by Gasteiger charge is -2.28. The predicted molar refractivity (Wildman–Crippen MR) is 87.0 cm³/mol. The molecule has 0 radical (unpaired) electrons. The second kappa shape index (κ2) is 6.44. The zero-order valence-corrected chi connectivity index (χ0v) is 12.7. The summed E-state index contributed by atoms with van der Waals surface area (Å²) < 4.78 is 6.17. The molecule has 1 aliphatic carbocycles. The fourth-order valence-electron chi connectivity index (χ4n) is 3.34. The fraction of sp³-hybridized carbons (Fsp3) is 0.500. The van der Waals surface area contributed by atoms with E-state index >= 15 is 0 Å². The van der Waals surface area contributed by atoms with E-state index in [9.17, 15) is 0 Å². The fourth-order valence-corrected chi connectivity index (χ4v) is 3.34. The number of aromatic nitrogens is 1. The lowest BCUT2D eigenvalue weighted by molar-refractivity contribution is 0.00220. The number of nitrogens with zero attached hydrogens (tertiary/aromatic N) is 1. The smallest absolute Gasteiger partial charge is 0.0777 e. The molecule has 3 heteroatoms. The summed E-state index contributed by atoms with van der Waals surface area (Å²) >= 11 is 0. The van der Waals surface area contributed by atoms with Gasteiger partial charge in [0, 0.05) is 22.8 Å². The molecule has 3 rings (SSSR count). The first-order chi connectivity index (χ1) is 10.3. The van der Waals surface area contributed by atoms with E-state index in [0.717, 1.165) is 28.1 Å². The van der Waals surface area contributed by atoms with Crippen LogP contribution in [0.1, 0.15) is 44.6 Å². The van der Waals surface area contributed by atoms with Gasteiger partial charge in [0.15, 0.2) is 0 Å². The highest BCUT2D eigenvalue weighted by Gasteiger charge is 2.21. The van der Waals surface area contributed by atoms with Crippen LogP contribution in [0.3, 0.4) is 0 Å². The van der Waals surface area contributed by atoms with E-state index in [1.165, 1.54) is 32.1 Å². The number of hydrogen-bond donors (Lipinski definition) is 1. The molecule has 21 heavy (non-hydrogen) atoms. The van der Waals surface area contributed by atoms with Gasteiger partial charge in [0.25, 0.3) is 0 Å². The molecule has 2 aromatic rings. The van der Waals surface area contributed by atoms with E-state index in [1.54, 1.807) is 0 Å². The molecule has 0 bridgehead atoms. The lowest BCUT2D eigenvalue weighted by atomic mass is 9.85. The van der Waals surface area contributed by atoms with Crippen molar-refractivity contribution in [2.24, 2.45) is 5.92 Å². The number of hydrogen-bond acceptors (Lipinski definition) is 3. The van der Waals surface area contributed by atoms with Gasteiger partial charge in [0.1, 0.15) is 0 Å². The van der Waals surface area contributed by atoms with E-state index in [2.05, 4.69) is 11.9 Å². The maximum absolute atomic E-state index is 6.17. The van der Waals surface area contributed by atoms with Crippen LogP contribution in [0.2, 0.25) is 0 Å². The van der Waals surface area contributed by atoms with Gasteiger partial charge in [0.2, 0.25) is 0 Å². The number of fused-ring (bicyclic) bond motifs is 1. The average molecular weight is 284 g/mol. The van der Waals surface area contributed by atoms with Crippen molar-refractivity contribution < 1.29 is 4.74 Å². The van der Waals surface area contributed by atoms with Gasteiger partial charge in [-0.25, -0.2) is 0 Å². The summed E-state index contributed by atoms with van der Waals surface area (Å²) in [4.78, 5) is 4.48. The third-order valence-corrected chi connectivity index (χ3v) is 4.67. The van der Waals surface area contributed by atoms with Crippen LogP contribution >= 0.6 is 0 Å². The molecule has 0 amide bonds. The highest BCUT2D eigenvalue weighted by atomic mass is 16.5. The van der Waals surface area contributed by atoms with Crippen molar-refractivity contribution in [3.63, 3.8) is 0 Å². The Bertz CT molecular complexity index is 611. The highest BCUT2D eigenvalue weighted by Crippen LogP contribution is 2.30. The molecule has 112 valence electrons. The number of rotatable bonds is 4. The quantitative estimate of drug-likeness (QED) is 0.851. The van der Waals surface area contributed by atoms with Gasteiger partial charge in [-0.3, -0.25) is 4.98 Å². The maximum atomic E-state index is 6.17. The van der Waals surface area contributed by atoms with E-state index in [0.29, 0.717) is 12.7 Å². The standard InChI is InChI=1S/C18H24N2O/c1-2-13-5-3-6-15(11-13)21-12-14-8-9-17(19)16-7-4-10-20-18(14)16/h4,7-10,13,15H,2-3,5-6,11-12,19H2,1H3. The van der Waals surface area contributed by atoms with Crippen LogP contribution in [0.25, 0.3) is 10.9 Å². The summed E-state index contributed by atoms with van der Waals surface area (Å²) in [5.74, 6) is 0.838. The summed E-state index contributed by atoms with van der Waals surface area (Å²) in [6, 6.07) is 7.95. The molecular weight excluding hydrogens is 260 g/mol. The summed E-state index contributed by atoms with van der Waals surface area (Å²) in [5, 5.41) is 1.02. The predicted octanol–water partition coefficient (Wildman–Crippen LogP) is 4.30. The second-order valence-corrected chi connectivity index (χ2v) is 6.09. The minimum Gasteiger partial charge on any atom is -0.398 e. The molecule has 2 unspecified atom stereocenters. The molecule has 1 saturated carbocycles. The Morgan fingerprint density at radius 3 is 3.05 bits per heavy atom. The van der Waals surface area contributed by atoms with Crippen LogP contribution in [0, 0.1) is 5.92 Å². The molecule has 1 heterocycles. The Morgan fingerprint density at radius 1 is 1.29 bits per heavy atom. The third-order valence-electron chi connectivity index (χ3n) is 4.67. The summed E-state index contributed by atoms with van der Waals surface area (Å²) in [7, 11) is 0. The van der Waals surface area contributed by atoms with Crippen molar-refractivity contribution in [2.75, 3.05) is 5.73 Å². The SMILES string of the molecule is CCC1CCCC(OCc2ccc(N)c3cccnc23)C1. The Labute approximate surface area is 126 Å². The first kappa shape index (κ1) is 14.3. The molecule has 0 aliphatic heterocycles. The van der Waals surface area contributed by atoms with Crippen molar-refractivity contribution in [3.8, 4) is 0 Å². The van der Waals surface area contributed by atoms with Crippen LogP contribution in [0.15, 0.2) is 30.5 Å². The first-order valence-corrected chi connectivity index (χ1v) is 8.01. The molecule has 0 spiro atoms. The molecule has 1 aromatic carbocycles. The number of nitrogens with two attached hydrogens (primary N) is 1. The van der Waals surface area contributed by atoms with Crippen LogP contribution < -0.4 is 5.73 Å². The van der Waals surface area contributed by atoms with Crippen molar-refractivity contribution >= 4 is 16.6 Å². The minimum absolute atomic E-state index is 0.403. The highest BCUT2D eigenvalue weighted by molar-refractivity contribution is 5.92. The Balaban J connectivity index is 1.72. The summed E-state index contributed by atoms with van der Waals surface area (Å²) in [6.45, 7) is 2.92.